The highest BCUT2D eigenvalue weighted by Crippen LogP contribution is 2.24. The molecule has 0 aromatic carbocycles. The highest BCUT2D eigenvalue weighted by atomic mass is 19.1. The standard InChI is InChI=1S/C7H11FO/c8-7-3-1-2-6(4-7)5-9/h5-7H,1-4H2/t6-,7-/m0/s1. The first kappa shape index (κ1) is 6.72. The van der Waals surface area contributed by atoms with Crippen molar-refractivity contribution in [3.05, 3.63) is 0 Å². The van der Waals surface area contributed by atoms with E-state index >= 15 is 0 Å². The third-order valence-corrected chi connectivity index (χ3v) is 1.84. The number of aldehydes is 1. The van der Waals surface area contributed by atoms with Crippen LogP contribution in [0.3, 0.4) is 0 Å². The van der Waals surface area contributed by atoms with Crippen molar-refractivity contribution in [3.63, 3.8) is 0 Å². The fraction of sp³-hybridized carbons (Fsp3) is 0.857. The Bertz CT molecular complexity index is 103. The van der Waals surface area contributed by atoms with Gasteiger partial charge in [0.1, 0.15) is 12.5 Å². The summed E-state index contributed by atoms with van der Waals surface area (Å²) in [4.78, 5) is 10.1. The van der Waals surface area contributed by atoms with Gasteiger partial charge in [0, 0.05) is 5.92 Å². The zero-order valence-corrected chi connectivity index (χ0v) is 5.35. The molecular weight excluding hydrogens is 119 g/mol. The van der Waals surface area contributed by atoms with Crippen LogP contribution in [0.15, 0.2) is 0 Å². The number of carbonyl (C=O) groups excluding carboxylic acids is 1. The summed E-state index contributed by atoms with van der Waals surface area (Å²) >= 11 is 0. The van der Waals surface area contributed by atoms with Crippen molar-refractivity contribution in [3.8, 4) is 0 Å². The third-order valence-electron chi connectivity index (χ3n) is 1.84. The van der Waals surface area contributed by atoms with Gasteiger partial charge in [0.05, 0.1) is 0 Å². The van der Waals surface area contributed by atoms with Crippen molar-refractivity contribution >= 4 is 6.29 Å². The Morgan fingerprint density at radius 3 is 2.67 bits per heavy atom. The van der Waals surface area contributed by atoms with Crippen molar-refractivity contribution in [2.75, 3.05) is 0 Å². The Hall–Kier alpha value is -0.400. The van der Waals surface area contributed by atoms with E-state index in [4.69, 9.17) is 0 Å². The van der Waals surface area contributed by atoms with Gasteiger partial charge in [0.15, 0.2) is 0 Å². The lowest BCUT2D eigenvalue weighted by atomic mass is 9.89. The number of halogens is 1. The molecule has 1 saturated carbocycles. The fourth-order valence-electron chi connectivity index (χ4n) is 1.29. The average molecular weight is 130 g/mol. The van der Waals surface area contributed by atoms with E-state index in [9.17, 15) is 9.18 Å². The Labute approximate surface area is 54.3 Å². The van der Waals surface area contributed by atoms with Gasteiger partial charge in [-0.2, -0.15) is 0 Å². The van der Waals surface area contributed by atoms with Crippen LogP contribution in [0.25, 0.3) is 0 Å². The first-order valence-corrected chi connectivity index (χ1v) is 3.42. The van der Waals surface area contributed by atoms with E-state index in [0.29, 0.717) is 12.8 Å². The summed E-state index contributed by atoms with van der Waals surface area (Å²) in [5.41, 5.74) is 0. The SMILES string of the molecule is O=C[C@H]1CCC[C@H](F)C1. The summed E-state index contributed by atoms with van der Waals surface area (Å²) in [6.07, 6.45) is 3.06. The maximum atomic E-state index is 12.5. The normalized spacial score (nSPS) is 36.1. The Kier molecular flexibility index (Phi) is 2.20. The fourth-order valence-corrected chi connectivity index (χ4v) is 1.29. The zero-order valence-electron chi connectivity index (χ0n) is 5.35. The molecule has 0 aliphatic heterocycles. The van der Waals surface area contributed by atoms with Gasteiger partial charge in [-0.25, -0.2) is 4.39 Å². The van der Waals surface area contributed by atoms with E-state index in [-0.39, 0.29) is 5.92 Å². The molecule has 2 atom stereocenters. The molecule has 0 amide bonds. The molecule has 0 spiro atoms. The van der Waals surface area contributed by atoms with Crippen LogP contribution in [0.4, 0.5) is 4.39 Å². The monoisotopic (exact) mass is 130 g/mol. The molecule has 0 saturated heterocycles. The summed E-state index contributed by atoms with van der Waals surface area (Å²) < 4.78 is 12.5. The molecule has 1 rings (SSSR count). The van der Waals surface area contributed by atoms with Crippen LogP contribution in [0, 0.1) is 5.92 Å². The summed E-state index contributed by atoms with van der Waals surface area (Å²) in [7, 11) is 0. The van der Waals surface area contributed by atoms with Crippen molar-refractivity contribution in [2.24, 2.45) is 5.92 Å². The second-order valence-corrected chi connectivity index (χ2v) is 2.66. The zero-order chi connectivity index (χ0) is 6.69. The molecule has 0 unspecified atom stereocenters. The lowest BCUT2D eigenvalue weighted by molar-refractivity contribution is -0.112. The Morgan fingerprint density at radius 2 is 2.22 bits per heavy atom. The molecule has 0 aromatic heterocycles. The molecule has 9 heavy (non-hydrogen) atoms. The van der Waals surface area contributed by atoms with Gasteiger partial charge in [-0.1, -0.05) is 0 Å². The Balaban J connectivity index is 2.31. The van der Waals surface area contributed by atoms with E-state index in [1.54, 1.807) is 0 Å². The van der Waals surface area contributed by atoms with Crippen molar-refractivity contribution in [1.29, 1.82) is 0 Å². The maximum absolute atomic E-state index is 12.5. The minimum absolute atomic E-state index is 0.00810. The largest absolute Gasteiger partial charge is 0.303 e. The van der Waals surface area contributed by atoms with Crippen LogP contribution in [0.5, 0.6) is 0 Å². The second-order valence-electron chi connectivity index (χ2n) is 2.66. The number of hydrogen-bond acceptors (Lipinski definition) is 1. The Morgan fingerprint density at radius 1 is 1.44 bits per heavy atom. The molecule has 0 aromatic rings. The van der Waals surface area contributed by atoms with Gasteiger partial charge >= 0.3 is 0 Å². The molecular formula is C7H11FO. The molecule has 1 aliphatic carbocycles. The molecule has 0 bridgehead atoms. The highest BCUT2D eigenvalue weighted by Gasteiger charge is 2.20. The molecule has 0 N–H and O–H groups in total. The number of rotatable bonds is 1. The van der Waals surface area contributed by atoms with Gasteiger partial charge < -0.3 is 4.79 Å². The lowest BCUT2D eigenvalue weighted by Gasteiger charge is -2.18. The van der Waals surface area contributed by atoms with Crippen molar-refractivity contribution in [2.45, 2.75) is 31.9 Å². The molecule has 1 aliphatic rings. The summed E-state index contributed by atoms with van der Waals surface area (Å²) in [5.74, 6) is 0.00810. The molecule has 1 nitrogen and oxygen atoms in total. The quantitative estimate of drug-likeness (QED) is 0.494. The second kappa shape index (κ2) is 2.95. The molecule has 2 heteroatoms. The highest BCUT2D eigenvalue weighted by molar-refractivity contribution is 5.53. The number of alkyl halides is 1. The predicted molar refractivity (Wildman–Crippen MR) is 32.9 cm³/mol. The van der Waals surface area contributed by atoms with E-state index in [0.717, 1.165) is 19.1 Å². The predicted octanol–water partition coefficient (Wildman–Crippen LogP) is 1.71. The lowest BCUT2D eigenvalue weighted by Crippen LogP contribution is -2.16. The molecule has 0 heterocycles. The van der Waals surface area contributed by atoms with Gasteiger partial charge in [0.25, 0.3) is 0 Å². The van der Waals surface area contributed by atoms with Gasteiger partial charge in [-0.15, -0.1) is 0 Å². The molecule has 1 fully saturated rings. The van der Waals surface area contributed by atoms with E-state index in [2.05, 4.69) is 0 Å². The summed E-state index contributed by atoms with van der Waals surface area (Å²) in [5, 5.41) is 0. The summed E-state index contributed by atoms with van der Waals surface area (Å²) in [6.45, 7) is 0. The van der Waals surface area contributed by atoms with Crippen LogP contribution in [0.2, 0.25) is 0 Å². The van der Waals surface area contributed by atoms with Gasteiger partial charge in [0.2, 0.25) is 0 Å². The minimum Gasteiger partial charge on any atom is -0.303 e. The van der Waals surface area contributed by atoms with Crippen LogP contribution in [-0.4, -0.2) is 12.5 Å². The summed E-state index contributed by atoms with van der Waals surface area (Å²) in [6, 6.07) is 0. The molecule has 52 valence electrons. The topological polar surface area (TPSA) is 17.1 Å². The van der Waals surface area contributed by atoms with Gasteiger partial charge in [-0.05, 0) is 25.7 Å². The smallest absolute Gasteiger partial charge is 0.123 e. The van der Waals surface area contributed by atoms with Crippen LogP contribution in [-0.2, 0) is 4.79 Å². The van der Waals surface area contributed by atoms with Crippen LogP contribution >= 0.6 is 0 Å². The van der Waals surface area contributed by atoms with E-state index < -0.39 is 6.17 Å². The molecule has 0 radical (unpaired) electrons. The first-order chi connectivity index (χ1) is 4.33. The van der Waals surface area contributed by atoms with E-state index in [1.807, 2.05) is 0 Å². The van der Waals surface area contributed by atoms with Crippen molar-refractivity contribution in [1.82, 2.24) is 0 Å². The minimum atomic E-state index is -0.714. The maximum Gasteiger partial charge on any atom is 0.123 e. The van der Waals surface area contributed by atoms with Gasteiger partial charge in [-0.3, -0.25) is 0 Å². The van der Waals surface area contributed by atoms with E-state index in [1.165, 1.54) is 0 Å². The average Bonchev–Trinajstić information content (AvgIpc) is 1.88. The number of hydrogen-bond donors (Lipinski definition) is 0. The number of carbonyl (C=O) groups is 1. The van der Waals surface area contributed by atoms with Crippen LogP contribution < -0.4 is 0 Å². The third kappa shape index (κ3) is 1.77. The first-order valence-electron chi connectivity index (χ1n) is 3.42. The van der Waals surface area contributed by atoms with Crippen molar-refractivity contribution < 1.29 is 9.18 Å². The van der Waals surface area contributed by atoms with Crippen LogP contribution in [0.1, 0.15) is 25.7 Å².